The summed E-state index contributed by atoms with van der Waals surface area (Å²) < 4.78 is 7.11. The number of rotatable bonds is 6. The SMILES string of the molecule is Cc1cnc(N[C@H]2CCOC2)nc1-n1cnc(C(=O)N[C@H](C)c2cccc(Cl)c2)c1. The highest BCUT2D eigenvalue weighted by Crippen LogP contribution is 2.19. The van der Waals surface area contributed by atoms with Crippen molar-refractivity contribution in [1.82, 2.24) is 24.8 Å². The maximum Gasteiger partial charge on any atom is 0.271 e. The molecule has 1 amide bonds. The molecule has 1 fully saturated rings. The quantitative estimate of drug-likeness (QED) is 0.628. The fraction of sp³-hybridized carbons (Fsp3) is 0.333. The Morgan fingerprint density at radius 1 is 1.37 bits per heavy atom. The van der Waals surface area contributed by atoms with Crippen LogP contribution in [0.3, 0.4) is 0 Å². The monoisotopic (exact) mass is 426 g/mol. The summed E-state index contributed by atoms with van der Waals surface area (Å²) in [7, 11) is 0. The van der Waals surface area contributed by atoms with Gasteiger partial charge in [-0.1, -0.05) is 23.7 Å². The summed E-state index contributed by atoms with van der Waals surface area (Å²) in [6.07, 6.45) is 5.92. The average molecular weight is 427 g/mol. The number of aromatic nitrogens is 4. The minimum absolute atomic E-state index is 0.202. The number of halogens is 1. The van der Waals surface area contributed by atoms with Crippen molar-refractivity contribution in [3.05, 3.63) is 64.8 Å². The predicted octanol–water partition coefficient (Wildman–Crippen LogP) is 3.32. The second-order valence-electron chi connectivity index (χ2n) is 7.32. The van der Waals surface area contributed by atoms with Gasteiger partial charge in [-0.05, 0) is 38.0 Å². The normalized spacial score (nSPS) is 17.0. The minimum atomic E-state index is -0.269. The van der Waals surface area contributed by atoms with E-state index in [1.807, 2.05) is 32.0 Å². The zero-order valence-electron chi connectivity index (χ0n) is 16.8. The van der Waals surface area contributed by atoms with Crippen LogP contribution in [0.1, 0.15) is 41.0 Å². The molecule has 0 unspecified atom stereocenters. The molecule has 2 atom stereocenters. The van der Waals surface area contributed by atoms with Crippen LogP contribution in [0.5, 0.6) is 0 Å². The first kappa shape index (κ1) is 20.3. The van der Waals surface area contributed by atoms with Crippen molar-refractivity contribution < 1.29 is 9.53 Å². The third-order valence-electron chi connectivity index (χ3n) is 4.96. The first-order chi connectivity index (χ1) is 14.5. The van der Waals surface area contributed by atoms with Crippen molar-refractivity contribution in [3.63, 3.8) is 0 Å². The van der Waals surface area contributed by atoms with Gasteiger partial charge in [-0.3, -0.25) is 9.36 Å². The van der Waals surface area contributed by atoms with Crippen LogP contribution < -0.4 is 10.6 Å². The number of nitrogens with zero attached hydrogens (tertiary/aromatic N) is 4. The maximum absolute atomic E-state index is 12.7. The summed E-state index contributed by atoms with van der Waals surface area (Å²) in [5, 5.41) is 6.86. The Kier molecular flexibility index (Phi) is 5.96. The van der Waals surface area contributed by atoms with E-state index < -0.39 is 0 Å². The standard InChI is InChI=1S/C21H23ClN6O2/c1-13-9-23-21(26-17-6-7-30-11-17)27-19(13)28-10-18(24-12-28)20(29)25-14(2)15-4-3-5-16(22)8-15/h3-5,8-10,12,14,17H,6-7,11H2,1-2H3,(H,25,29)(H,23,26,27)/t14-,17+/m1/s1. The molecule has 1 saturated heterocycles. The van der Waals surface area contributed by atoms with Crippen molar-refractivity contribution in [2.75, 3.05) is 18.5 Å². The molecule has 0 radical (unpaired) electrons. The minimum Gasteiger partial charge on any atom is -0.379 e. The van der Waals surface area contributed by atoms with Crippen molar-refractivity contribution in [1.29, 1.82) is 0 Å². The van der Waals surface area contributed by atoms with E-state index in [2.05, 4.69) is 25.6 Å². The molecule has 8 nitrogen and oxygen atoms in total. The van der Waals surface area contributed by atoms with Crippen LogP contribution in [-0.4, -0.2) is 44.7 Å². The highest BCUT2D eigenvalue weighted by Gasteiger charge is 2.18. The summed E-state index contributed by atoms with van der Waals surface area (Å²) in [6, 6.07) is 7.41. The molecule has 0 spiro atoms. The van der Waals surface area contributed by atoms with Gasteiger partial charge in [-0.2, -0.15) is 4.98 Å². The summed E-state index contributed by atoms with van der Waals surface area (Å²) in [6.45, 7) is 5.20. The predicted molar refractivity (Wildman–Crippen MR) is 114 cm³/mol. The van der Waals surface area contributed by atoms with Crippen molar-refractivity contribution in [2.24, 2.45) is 0 Å². The van der Waals surface area contributed by atoms with Crippen molar-refractivity contribution in [2.45, 2.75) is 32.4 Å². The van der Waals surface area contributed by atoms with E-state index in [9.17, 15) is 4.79 Å². The molecular weight excluding hydrogens is 404 g/mol. The zero-order valence-corrected chi connectivity index (χ0v) is 17.6. The summed E-state index contributed by atoms with van der Waals surface area (Å²) >= 11 is 6.04. The highest BCUT2D eigenvalue weighted by atomic mass is 35.5. The average Bonchev–Trinajstić information content (AvgIpc) is 3.41. The molecule has 30 heavy (non-hydrogen) atoms. The first-order valence-electron chi connectivity index (χ1n) is 9.78. The topological polar surface area (TPSA) is 94.0 Å². The second-order valence-corrected chi connectivity index (χ2v) is 7.76. The van der Waals surface area contributed by atoms with Gasteiger partial charge in [-0.25, -0.2) is 9.97 Å². The third kappa shape index (κ3) is 4.60. The number of carbonyl (C=O) groups excluding carboxylic acids is 1. The fourth-order valence-electron chi connectivity index (χ4n) is 3.28. The molecule has 3 aromatic rings. The number of ether oxygens (including phenoxy) is 1. The van der Waals surface area contributed by atoms with Gasteiger partial charge in [0.1, 0.15) is 17.8 Å². The molecule has 0 bridgehead atoms. The molecule has 2 aromatic heterocycles. The summed E-state index contributed by atoms with van der Waals surface area (Å²) in [4.78, 5) is 25.9. The van der Waals surface area contributed by atoms with Gasteiger partial charge >= 0.3 is 0 Å². The van der Waals surface area contributed by atoms with Crippen LogP contribution in [-0.2, 0) is 4.74 Å². The Morgan fingerprint density at radius 2 is 2.23 bits per heavy atom. The van der Waals surface area contributed by atoms with Crippen LogP contribution in [0.25, 0.3) is 5.82 Å². The number of aryl methyl sites for hydroxylation is 1. The van der Waals surface area contributed by atoms with Crippen LogP contribution >= 0.6 is 11.6 Å². The van der Waals surface area contributed by atoms with Gasteiger partial charge in [-0.15, -0.1) is 0 Å². The number of hydrogen-bond donors (Lipinski definition) is 2. The van der Waals surface area contributed by atoms with E-state index in [0.29, 0.717) is 29.1 Å². The fourth-order valence-corrected chi connectivity index (χ4v) is 3.48. The first-order valence-corrected chi connectivity index (χ1v) is 10.2. The van der Waals surface area contributed by atoms with E-state index in [-0.39, 0.29) is 18.0 Å². The van der Waals surface area contributed by atoms with Crippen molar-refractivity contribution in [3.8, 4) is 5.82 Å². The van der Waals surface area contributed by atoms with Gasteiger partial charge in [0.15, 0.2) is 0 Å². The lowest BCUT2D eigenvalue weighted by Crippen LogP contribution is -2.26. The number of benzene rings is 1. The molecule has 9 heteroatoms. The summed E-state index contributed by atoms with van der Waals surface area (Å²) in [5.41, 5.74) is 2.11. The largest absolute Gasteiger partial charge is 0.379 e. The molecule has 1 aliphatic rings. The van der Waals surface area contributed by atoms with Crippen LogP contribution in [0.4, 0.5) is 5.95 Å². The molecule has 2 N–H and O–H groups in total. The Hall–Kier alpha value is -2.97. The molecule has 1 aromatic carbocycles. The van der Waals surface area contributed by atoms with Crippen LogP contribution in [0, 0.1) is 6.92 Å². The molecule has 0 aliphatic carbocycles. The van der Waals surface area contributed by atoms with E-state index in [0.717, 1.165) is 24.2 Å². The smallest absolute Gasteiger partial charge is 0.271 e. The lowest BCUT2D eigenvalue weighted by Gasteiger charge is -2.14. The van der Waals surface area contributed by atoms with E-state index >= 15 is 0 Å². The van der Waals surface area contributed by atoms with Crippen LogP contribution in [0.15, 0.2) is 43.0 Å². The van der Waals surface area contributed by atoms with Gasteiger partial charge in [0.2, 0.25) is 5.95 Å². The number of hydrogen-bond acceptors (Lipinski definition) is 6. The van der Waals surface area contributed by atoms with E-state index in [1.54, 1.807) is 29.4 Å². The van der Waals surface area contributed by atoms with Gasteiger partial charge in [0.25, 0.3) is 5.91 Å². The second kappa shape index (κ2) is 8.81. The van der Waals surface area contributed by atoms with E-state index in [4.69, 9.17) is 16.3 Å². The lowest BCUT2D eigenvalue weighted by molar-refractivity contribution is 0.0935. The molecule has 156 valence electrons. The number of carbonyl (C=O) groups is 1. The number of amides is 1. The lowest BCUT2D eigenvalue weighted by atomic mass is 10.1. The molecule has 4 rings (SSSR count). The number of nitrogens with one attached hydrogen (secondary N) is 2. The highest BCUT2D eigenvalue weighted by molar-refractivity contribution is 6.30. The Bertz CT molecular complexity index is 1050. The van der Waals surface area contributed by atoms with Gasteiger partial charge in [0.05, 0.1) is 18.7 Å². The van der Waals surface area contributed by atoms with E-state index in [1.165, 1.54) is 0 Å². The molecule has 0 saturated carbocycles. The van der Waals surface area contributed by atoms with Gasteiger partial charge in [0, 0.05) is 29.6 Å². The zero-order chi connectivity index (χ0) is 21.1. The molecule has 3 heterocycles. The Labute approximate surface area is 179 Å². The third-order valence-corrected chi connectivity index (χ3v) is 5.20. The van der Waals surface area contributed by atoms with Crippen molar-refractivity contribution >= 4 is 23.5 Å². The number of imidazole rings is 1. The maximum atomic E-state index is 12.7. The Balaban J connectivity index is 1.48. The number of anilines is 1. The van der Waals surface area contributed by atoms with Crippen LogP contribution in [0.2, 0.25) is 5.02 Å². The summed E-state index contributed by atoms with van der Waals surface area (Å²) in [5.74, 6) is 0.927. The molecular formula is C21H23ClN6O2. The van der Waals surface area contributed by atoms with Gasteiger partial charge < -0.3 is 15.4 Å². The molecule has 1 aliphatic heterocycles. The Morgan fingerprint density at radius 3 is 3.00 bits per heavy atom.